The fourth-order valence-corrected chi connectivity index (χ4v) is 0.923. The molecule has 0 aliphatic rings. The molecule has 17 heavy (non-hydrogen) atoms. The minimum Gasteiger partial charge on any atom is -0.364 e. The summed E-state index contributed by atoms with van der Waals surface area (Å²) in [5.41, 5.74) is 6.83. The van der Waals surface area contributed by atoms with Crippen molar-refractivity contribution in [2.24, 2.45) is 10.2 Å². The molecule has 0 rings (SSSR count). The molecule has 0 aromatic heterocycles. The average molecular weight is 274 g/mol. The maximum absolute atomic E-state index is 4.97. The molecule has 0 aliphatic carbocycles. The van der Waals surface area contributed by atoms with Crippen molar-refractivity contribution >= 4 is 46.1 Å². The predicted molar refractivity (Wildman–Crippen MR) is 80.4 cm³/mol. The zero-order chi connectivity index (χ0) is 13.3. The van der Waals surface area contributed by atoms with E-state index in [0.717, 1.165) is 18.0 Å². The van der Waals surface area contributed by atoms with Crippen molar-refractivity contribution in [3.8, 4) is 0 Å². The Morgan fingerprint density at radius 1 is 1.00 bits per heavy atom. The van der Waals surface area contributed by atoms with Crippen LogP contribution in [0.15, 0.2) is 10.2 Å². The van der Waals surface area contributed by atoms with Gasteiger partial charge in [-0.05, 0) is 45.2 Å². The number of nitrogens with zero attached hydrogens (tertiary/aromatic N) is 2. The SMILES string of the molecule is CCNC(=S)NN=C(C)C(C)=NNC(=S)NC. The third-order valence-corrected chi connectivity index (χ3v) is 2.27. The lowest BCUT2D eigenvalue weighted by Crippen LogP contribution is -2.33. The minimum atomic E-state index is 0.452. The summed E-state index contributed by atoms with van der Waals surface area (Å²) in [6.07, 6.45) is 0. The Morgan fingerprint density at radius 3 is 1.88 bits per heavy atom. The van der Waals surface area contributed by atoms with Crippen LogP contribution in [-0.4, -0.2) is 35.2 Å². The zero-order valence-corrected chi connectivity index (χ0v) is 12.1. The van der Waals surface area contributed by atoms with Crippen LogP contribution in [0.1, 0.15) is 20.8 Å². The Hall–Kier alpha value is -1.28. The number of hydrogen-bond acceptors (Lipinski definition) is 4. The molecule has 0 saturated carbocycles. The molecule has 96 valence electrons. The van der Waals surface area contributed by atoms with Gasteiger partial charge in [-0.25, -0.2) is 0 Å². The van der Waals surface area contributed by atoms with E-state index < -0.39 is 0 Å². The first-order valence-electron chi connectivity index (χ1n) is 5.11. The largest absolute Gasteiger partial charge is 0.364 e. The molecule has 6 nitrogen and oxygen atoms in total. The monoisotopic (exact) mass is 274 g/mol. The van der Waals surface area contributed by atoms with Gasteiger partial charge in [0.15, 0.2) is 10.2 Å². The van der Waals surface area contributed by atoms with Gasteiger partial charge in [0.05, 0.1) is 11.4 Å². The highest BCUT2D eigenvalue weighted by atomic mass is 32.1. The van der Waals surface area contributed by atoms with Gasteiger partial charge in [0.25, 0.3) is 0 Å². The second-order valence-corrected chi connectivity index (χ2v) is 3.87. The first-order valence-corrected chi connectivity index (χ1v) is 5.93. The van der Waals surface area contributed by atoms with Gasteiger partial charge in [0.1, 0.15) is 0 Å². The first kappa shape index (κ1) is 15.7. The van der Waals surface area contributed by atoms with Crippen LogP contribution in [-0.2, 0) is 0 Å². The van der Waals surface area contributed by atoms with Crippen molar-refractivity contribution in [3.05, 3.63) is 0 Å². The Balaban J connectivity index is 4.28. The lowest BCUT2D eigenvalue weighted by Gasteiger charge is -2.06. The first-order chi connectivity index (χ1) is 8.01. The van der Waals surface area contributed by atoms with Crippen LogP contribution >= 0.6 is 24.4 Å². The minimum absolute atomic E-state index is 0.452. The molecule has 4 N–H and O–H groups in total. The molecule has 0 radical (unpaired) electrons. The second-order valence-electron chi connectivity index (χ2n) is 3.06. The lowest BCUT2D eigenvalue weighted by molar-refractivity contribution is 0.901. The number of hydrazone groups is 2. The van der Waals surface area contributed by atoms with Crippen molar-refractivity contribution in [3.63, 3.8) is 0 Å². The maximum atomic E-state index is 4.97. The van der Waals surface area contributed by atoms with Crippen molar-refractivity contribution in [1.82, 2.24) is 21.5 Å². The molecular weight excluding hydrogens is 256 g/mol. The summed E-state index contributed by atoms with van der Waals surface area (Å²) in [7, 11) is 1.72. The highest BCUT2D eigenvalue weighted by molar-refractivity contribution is 7.80. The van der Waals surface area contributed by atoms with E-state index in [1.807, 2.05) is 20.8 Å². The van der Waals surface area contributed by atoms with Crippen LogP contribution in [0.25, 0.3) is 0 Å². The fraction of sp³-hybridized carbons (Fsp3) is 0.556. The highest BCUT2D eigenvalue weighted by Crippen LogP contribution is 1.82. The molecular formula is C9H18N6S2. The summed E-state index contributed by atoms with van der Waals surface area (Å²) >= 11 is 9.85. The number of rotatable bonds is 4. The van der Waals surface area contributed by atoms with Gasteiger partial charge >= 0.3 is 0 Å². The van der Waals surface area contributed by atoms with Crippen molar-refractivity contribution in [2.45, 2.75) is 20.8 Å². The van der Waals surface area contributed by atoms with E-state index in [-0.39, 0.29) is 0 Å². The van der Waals surface area contributed by atoms with E-state index in [1.165, 1.54) is 0 Å². The molecule has 0 unspecified atom stereocenters. The molecule has 0 bridgehead atoms. The summed E-state index contributed by atoms with van der Waals surface area (Å²) in [5, 5.41) is 14.7. The number of hydrogen-bond donors (Lipinski definition) is 4. The van der Waals surface area contributed by atoms with Crippen LogP contribution in [0.5, 0.6) is 0 Å². The van der Waals surface area contributed by atoms with E-state index >= 15 is 0 Å². The highest BCUT2D eigenvalue weighted by Gasteiger charge is 1.98. The van der Waals surface area contributed by atoms with Crippen molar-refractivity contribution in [1.29, 1.82) is 0 Å². The molecule has 0 atom stereocenters. The molecule has 0 amide bonds. The summed E-state index contributed by atoms with van der Waals surface area (Å²) in [5.74, 6) is 0. The van der Waals surface area contributed by atoms with Crippen molar-refractivity contribution in [2.75, 3.05) is 13.6 Å². The Bertz CT molecular complexity index is 336. The van der Waals surface area contributed by atoms with Gasteiger partial charge < -0.3 is 10.6 Å². The van der Waals surface area contributed by atoms with Crippen LogP contribution in [0, 0.1) is 0 Å². The van der Waals surface area contributed by atoms with Crippen LogP contribution in [0.3, 0.4) is 0 Å². The van der Waals surface area contributed by atoms with E-state index in [2.05, 4.69) is 31.7 Å². The molecule has 0 aliphatic heterocycles. The average Bonchev–Trinajstić information content (AvgIpc) is 2.32. The molecule has 0 saturated heterocycles. The second kappa shape index (κ2) is 8.82. The molecule has 0 aromatic rings. The Kier molecular flexibility index (Phi) is 8.16. The van der Waals surface area contributed by atoms with Gasteiger partial charge in [-0.1, -0.05) is 0 Å². The van der Waals surface area contributed by atoms with Crippen LogP contribution in [0.4, 0.5) is 0 Å². The normalized spacial score (nSPS) is 11.8. The Morgan fingerprint density at radius 2 is 1.47 bits per heavy atom. The fourth-order valence-electron chi connectivity index (χ4n) is 0.687. The number of nitrogens with one attached hydrogen (secondary N) is 4. The van der Waals surface area contributed by atoms with E-state index in [4.69, 9.17) is 24.4 Å². The van der Waals surface area contributed by atoms with E-state index in [1.54, 1.807) is 7.05 Å². The predicted octanol–water partition coefficient (Wildman–Crippen LogP) is 0.316. The lowest BCUT2D eigenvalue weighted by atomic mass is 10.3. The molecule has 0 spiro atoms. The zero-order valence-electron chi connectivity index (χ0n) is 10.4. The van der Waals surface area contributed by atoms with E-state index in [0.29, 0.717) is 10.2 Å². The third kappa shape index (κ3) is 7.58. The van der Waals surface area contributed by atoms with Gasteiger partial charge in [-0.2, -0.15) is 10.2 Å². The van der Waals surface area contributed by atoms with E-state index in [9.17, 15) is 0 Å². The smallest absolute Gasteiger partial charge is 0.186 e. The molecule has 0 aromatic carbocycles. The van der Waals surface area contributed by atoms with Gasteiger partial charge in [0, 0.05) is 13.6 Å². The van der Waals surface area contributed by atoms with Crippen LogP contribution in [0.2, 0.25) is 0 Å². The summed E-state index contributed by atoms with van der Waals surface area (Å²) < 4.78 is 0. The van der Waals surface area contributed by atoms with Crippen molar-refractivity contribution < 1.29 is 0 Å². The summed E-state index contributed by atoms with van der Waals surface area (Å²) in [6, 6.07) is 0. The molecule has 8 heteroatoms. The standard InChI is InChI=1S/C9H18N6S2/c1-5-11-9(17)15-13-7(3)6(2)12-14-8(16)10-4/h5H2,1-4H3,(H2,10,14,16)(H2,11,15,17). The summed E-state index contributed by atoms with van der Waals surface area (Å²) in [4.78, 5) is 0. The number of thiocarbonyl (C=S) groups is 2. The van der Waals surface area contributed by atoms with Gasteiger partial charge in [-0.3, -0.25) is 10.9 Å². The molecule has 0 fully saturated rings. The molecule has 0 heterocycles. The van der Waals surface area contributed by atoms with Gasteiger partial charge in [0.2, 0.25) is 0 Å². The maximum Gasteiger partial charge on any atom is 0.186 e. The topological polar surface area (TPSA) is 72.8 Å². The Labute approximate surface area is 112 Å². The van der Waals surface area contributed by atoms with Crippen LogP contribution < -0.4 is 21.5 Å². The summed E-state index contributed by atoms with van der Waals surface area (Å²) in [6.45, 7) is 6.36. The third-order valence-electron chi connectivity index (χ3n) is 1.74. The van der Waals surface area contributed by atoms with Gasteiger partial charge in [-0.15, -0.1) is 0 Å². The quantitative estimate of drug-likeness (QED) is 0.336.